The normalized spacial score (nSPS) is 9.00. The molecule has 4 heteroatoms. The second-order valence-electron chi connectivity index (χ2n) is 1.90. The monoisotopic (exact) mass is 161 g/mol. The van der Waals surface area contributed by atoms with Crippen molar-refractivity contribution in [2.24, 2.45) is 5.73 Å². The third-order valence-electron chi connectivity index (χ3n) is 1.23. The Balaban J connectivity index is 0.000000810. The van der Waals surface area contributed by atoms with Gasteiger partial charge < -0.3 is 10.7 Å². The maximum Gasteiger partial charge on any atom is 0.106 e. The van der Waals surface area contributed by atoms with Gasteiger partial charge in [0.05, 0.1) is 5.69 Å². The van der Waals surface area contributed by atoms with Crippen LogP contribution in [0.5, 0.6) is 0 Å². The van der Waals surface area contributed by atoms with Gasteiger partial charge in [0.1, 0.15) is 5.82 Å². The quantitative estimate of drug-likeness (QED) is 0.676. The Morgan fingerprint density at radius 1 is 1.70 bits per heavy atom. The molecular formula is C6H12ClN3. The molecule has 58 valence electrons. The van der Waals surface area contributed by atoms with Crippen molar-refractivity contribution in [3.8, 4) is 0 Å². The van der Waals surface area contributed by atoms with Gasteiger partial charge in [0.2, 0.25) is 0 Å². The number of hydrogen-bond acceptors (Lipinski definition) is 2. The van der Waals surface area contributed by atoms with Crippen molar-refractivity contribution < 1.29 is 0 Å². The van der Waals surface area contributed by atoms with Gasteiger partial charge >= 0.3 is 0 Å². The van der Waals surface area contributed by atoms with E-state index in [2.05, 4.69) is 16.9 Å². The van der Waals surface area contributed by atoms with Gasteiger partial charge in [-0.15, -0.1) is 12.4 Å². The molecule has 0 bridgehead atoms. The lowest BCUT2D eigenvalue weighted by atomic mass is 10.5. The van der Waals surface area contributed by atoms with Crippen LogP contribution in [-0.2, 0) is 13.0 Å². The second kappa shape index (κ2) is 4.30. The Labute approximate surface area is 66.4 Å². The lowest BCUT2D eigenvalue weighted by Crippen LogP contribution is -1.95. The van der Waals surface area contributed by atoms with Crippen LogP contribution in [0.25, 0.3) is 0 Å². The number of nitrogens with two attached hydrogens (primary N) is 1. The zero-order valence-electron chi connectivity index (χ0n) is 5.92. The largest absolute Gasteiger partial charge is 0.348 e. The first-order chi connectivity index (χ1) is 4.36. The Morgan fingerprint density at radius 2 is 2.40 bits per heavy atom. The number of hydrogen-bond donors (Lipinski definition) is 2. The molecule has 0 amide bonds. The highest BCUT2D eigenvalue weighted by Crippen LogP contribution is 1.94. The average Bonchev–Trinajstić information content (AvgIpc) is 2.34. The van der Waals surface area contributed by atoms with Crippen LogP contribution in [0.3, 0.4) is 0 Å². The number of nitrogens with zero attached hydrogens (tertiary/aromatic N) is 1. The van der Waals surface area contributed by atoms with E-state index in [0.29, 0.717) is 6.54 Å². The third kappa shape index (κ3) is 2.01. The molecule has 0 aliphatic carbocycles. The number of aromatic nitrogens is 2. The molecule has 1 aromatic heterocycles. The van der Waals surface area contributed by atoms with Crippen LogP contribution in [0.15, 0.2) is 6.20 Å². The van der Waals surface area contributed by atoms with Gasteiger partial charge in [-0.25, -0.2) is 4.98 Å². The van der Waals surface area contributed by atoms with E-state index in [1.807, 2.05) is 6.20 Å². The Morgan fingerprint density at radius 3 is 2.70 bits per heavy atom. The number of imidazole rings is 1. The summed E-state index contributed by atoms with van der Waals surface area (Å²) in [5.74, 6) is 1.01. The van der Waals surface area contributed by atoms with Gasteiger partial charge in [0.25, 0.3) is 0 Å². The van der Waals surface area contributed by atoms with E-state index in [1.165, 1.54) is 0 Å². The molecule has 0 atom stereocenters. The summed E-state index contributed by atoms with van der Waals surface area (Å²) in [5, 5.41) is 0. The van der Waals surface area contributed by atoms with Crippen LogP contribution in [-0.4, -0.2) is 9.97 Å². The van der Waals surface area contributed by atoms with E-state index in [1.54, 1.807) is 0 Å². The van der Waals surface area contributed by atoms with Crippen molar-refractivity contribution in [1.82, 2.24) is 9.97 Å². The molecule has 1 aromatic rings. The minimum atomic E-state index is 0. The van der Waals surface area contributed by atoms with E-state index in [-0.39, 0.29) is 12.4 Å². The zero-order chi connectivity index (χ0) is 6.69. The second-order valence-corrected chi connectivity index (χ2v) is 1.90. The Hall–Kier alpha value is -0.540. The smallest absolute Gasteiger partial charge is 0.106 e. The van der Waals surface area contributed by atoms with E-state index in [0.717, 1.165) is 17.9 Å². The van der Waals surface area contributed by atoms with Crippen LogP contribution < -0.4 is 5.73 Å². The first-order valence-electron chi connectivity index (χ1n) is 3.10. The molecule has 0 aromatic carbocycles. The van der Waals surface area contributed by atoms with Gasteiger partial charge in [-0.05, 0) is 0 Å². The Bertz CT molecular complexity index is 166. The summed E-state index contributed by atoms with van der Waals surface area (Å²) in [4.78, 5) is 7.18. The zero-order valence-corrected chi connectivity index (χ0v) is 6.74. The maximum absolute atomic E-state index is 5.34. The van der Waals surface area contributed by atoms with E-state index >= 15 is 0 Å². The number of aromatic amines is 1. The summed E-state index contributed by atoms with van der Waals surface area (Å²) in [7, 11) is 0. The molecule has 0 spiro atoms. The molecule has 0 unspecified atom stereocenters. The van der Waals surface area contributed by atoms with Gasteiger partial charge in [0.15, 0.2) is 0 Å². The summed E-state index contributed by atoms with van der Waals surface area (Å²) < 4.78 is 0. The summed E-state index contributed by atoms with van der Waals surface area (Å²) in [6.45, 7) is 2.58. The van der Waals surface area contributed by atoms with Crippen molar-refractivity contribution in [1.29, 1.82) is 0 Å². The summed E-state index contributed by atoms with van der Waals surface area (Å²) in [6.07, 6.45) is 2.79. The molecule has 0 radical (unpaired) electrons. The van der Waals surface area contributed by atoms with Crippen LogP contribution in [0.2, 0.25) is 0 Å². The lowest BCUT2D eigenvalue weighted by molar-refractivity contribution is 0.949. The third-order valence-corrected chi connectivity index (χ3v) is 1.23. The highest BCUT2D eigenvalue weighted by atomic mass is 35.5. The van der Waals surface area contributed by atoms with Crippen molar-refractivity contribution >= 4 is 12.4 Å². The number of aryl methyl sites for hydroxylation is 1. The summed E-state index contributed by atoms with van der Waals surface area (Å²) in [6, 6.07) is 0. The molecular weight excluding hydrogens is 150 g/mol. The standard InChI is InChI=1S/C6H11N3.ClH/c1-2-6-8-4-5(3-7)9-6;/h4H,2-3,7H2,1H3,(H,8,9);1H. The van der Waals surface area contributed by atoms with Crippen LogP contribution in [0, 0.1) is 0 Å². The highest BCUT2D eigenvalue weighted by molar-refractivity contribution is 5.85. The average molecular weight is 162 g/mol. The summed E-state index contributed by atoms with van der Waals surface area (Å²) in [5.41, 5.74) is 6.27. The molecule has 0 saturated heterocycles. The van der Waals surface area contributed by atoms with Crippen LogP contribution in [0.4, 0.5) is 0 Å². The Kier molecular flexibility index (Phi) is 4.07. The fourth-order valence-electron chi connectivity index (χ4n) is 0.690. The predicted octanol–water partition coefficient (Wildman–Crippen LogP) is 0.853. The molecule has 0 aliphatic rings. The summed E-state index contributed by atoms with van der Waals surface area (Å²) >= 11 is 0. The van der Waals surface area contributed by atoms with Gasteiger partial charge in [0, 0.05) is 19.2 Å². The lowest BCUT2D eigenvalue weighted by Gasteiger charge is -1.83. The molecule has 3 nitrogen and oxygen atoms in total. The molecule has 0 aliphatic heterocycles. The highest BCUT2D eigenvalue weighted by Gasteiger charge is 1.93. The van der Waals surface area contributed by atoms with Crippen LogP contribution in [0.1, 0.15) is 18.4 Å². The van der Waals surface area contributed by atoms with Gasteiger partial charge in [-0.3, -0.25) is 0 Å². The molecule has 3 N–H and O–H groups in total. The molecule has 1 rings (SSSR count). The minimum Gasteiger partial charge on any atom is -0.348 e. The van der Waals surface area contributed by atoms with E-state index in [4.69, 9.17) is 5.73 Å². The number of H-pyrrole nitrogens is 1. The van der Waals surface area contributed by atoms with Crippen molar-refractivity contribution in [2.75, 3.05) is 0 Å². The number of halogens is 1. The fourth-order valence-corrected chi connectivity index (χ4v) is 0.690. The number of nitrogens with one attached hydrogen (secondary N) is 1. The molecule has 10 heavy (non-hydrogen) atoms. The number of rotatable bonds is 2. The molecule has 0 fully saturated rings. The predicted molar refractivity (Wildman–Crippen MR) is 43.1 cm³/mol. The molecule has 1 heterocycles. The van der Waals surface area contributed by atoms with Crippen molar-refractivity contribution in [2.45, 2.75) is 19.9 Å². The van der Waals surface area contributed by atoms with Gasteiger partial charge in [-0.1, -0.05) is 6.92 Å². The fraction of sp³-hybridized carbons (Fsp3) is 0.500. The van der Waals surface area contributed by atoms with Gasteiger partial charge in [-0.2, -0.15) is 0 Å². The van der Waals surface area contributed by atoms with Crippen LogP contribution >= 0.6 is 12.4 Å². The first-order valence-corrected chi connectivity index (χ1v) is 3.10. The van der Waals surface area contributed by atoms with Crippen molar-refractivity contribution in [3.05, 3.63) is 17.7 Å². The SMILES string of the molecule is CCc1nc(CN)c[nH]1.Cl. The first kappa shape index (κ1) is 9.46. The van der Waals surface area contributed by atoms with E-state index < -0.39 is 0 Å². The topological polar surface area (TPSA) is 54.7 Å². The maximum atomic E-state index is 5.34. The molecule has 0 saturated carbocycles. The van der Waals surface area contributed by atoms with E-state index in [9.17, 15) is 0 Å². The van der Waals surface area contributed by atoms with Crippen molar-refractivity contribution in [3.63, 3.8) is 0 Å². The minimum absolute atomic E-state index is 0.